The fraction of sp³-hybridized carbons (Fsp3) is 0.727. The minimum absolute atomic E-state index is 0.146. The second-order valence-corrected chi connectivity index (χ2v) is 5.91. The highest BCUT2D eigenvalue weighted by Gasteiger charge is 2.20. The summed E-state index contributed by atoms with van der Waals surface area (Å²) in [6.07, 6.45) is 0.395. The summed E-state index contributed by atoms with van der Waals surface area (Å²) < 4.78 is 5.68. The third-order valence-electron chi connectivity index (χ3n) is 2.51. The normalized spacial score (nSPS) is 17.8. The van der Waals surface area contributed by atoms with Crippen LogP contribution in [0.25, 0.3) is 0 Å². The highest BCUT2D eigenvalue weighted by molar-refractivity contribution is 7.09. The van der Waals surface area contributed by atoms with E-state index in [4.69, 9.17) is 4.74 Å². The van der Waals surface area contributed by atoms with Crippen LogP contribution in [0.5, 0.6) is 0 Å². The minimum Gasteiger partial charge on any atom is -0.368 e. The summed E-state index contributed by atoms with van der Waals surface area (Å²) in [7, 11) is 0. The lowest BCUT2D eigenvalue weighted by Gasteiger charge is -2.26. The molecule has 0 spiro atoms. The van der Waals surface area contributed by atoms with Gasteiger partial charge in [0.2, 0.25) is 0 Å². The third kappa shape index (κ3) is 2.77. The molecule has 15 heavy (non-hydrogen) atoms. The number of nitrogens with zero attached hydrogens (tertiary/aromatic N) is 1. The van der Waals surface area contributed by atoms with Gasteiger partial charge in [0, 0.05) is 23.9 Å². The van der Waals surface area contributed by atoms with Gasteiger partial charge in [-0.25, -0.2) is 4.98 Å². The van der Waals surface area contributed by atoms with Crippen LogP contribution >= 0.6 is 11.3 Å². The zero-order valence-corrected chi connectivity index (χ0v) is 10.4. The van der Waals surface area contributed by atoms with Crippen LogP contribution in [0, 0.1) is 0 Å². The van der Waals surface area contributed by atoms with E-state index in [9.17, 15) is 0 Å². The Morgan fingerprint density at radius 2 is 2.27 bits per heavy atom. The number of thiazole rings is 1. The molecule has 1 saturated heterocycles. The van der Waals surface area contributed by atoms with E-state index in [2.05, 4.69) is 36.5 Å². The molecule has 1 fully saturated rings. The van der Waals surface area contributed by atoms with Crippen molar-refractivity contribution in [2.75, 3.05) is 13.1 Å². The Labute approximate surface area is 94.9 Å². The Morgan fingerprint density at radius 1 is 1.53 bits per heavy atom. The average Bonchev–Trinajstić information content (AvgIpc) is 2.48. The maximum Gasteiger partial charge on any atom is 0.119 e. The summed E-state index contributed by atoms with van der Waals surface area (Å²) >= 11 is 1.70. The second-order valence-electron chi connectivity index (χ2n) is 4.97. The van der Waals surface area contributed by atoms with Crippen molar-refractivity contribution in [3.05, 3.63) is 16.1 Å². The third-order valence-corrected chi connectivity index (χ3v) is 3.33. The van der Waals surface area contributed by atoms with Gasteiger partial charge in [0.05, 0.1) is 18.4 Å². The van der Waals surface area contributed by atoms with Crippen LogP contribution < -0.4 is 5.32 Å². The first-order valence-electron chi connectivity index (χ1n) is 5.33. The summed E-state index contributed by atoms with van der Waals surface area (Å²) in [5.74, 6) is 0. The van der Waals surface area contributed by atoms with Crippen LogP contribution in [0.15, 0.2) is 5.38 Å². The van der Waals surface area contributed by atoms with E-state index in [1.165, 1.54) is 0 Å². The molecule has 4 heteroatoms. The van der Waals surface area contributed by atoms with Crippen LogP contribution in [-0.4, -0.2) is 24.2 Å². The second kappa shape index (κ2) is 4.20. The van der Waals surface area contributed by atoms with E-state index in [1.807, 2.05) is 0 Å². The van der Waals surface area contributed by atoms with Gasteiger partial charge in [0.1, 0.15) is 5.01 Å². The number of hydrogen-bond acceptors (Lipinski definition) is 4. The van der Waals surface area contributed by atoms with Crippen molar-refractivity contribution in [2.45, 2.75) is 38.9 Å². The van der Waals surface area contributed by atoms with Crippen molar-refractivity contribution in [1.29, 1.82) is 0 Å². The first-order valence-corrected chi connectivity index (χ1v) is 6.21. The Kier molecular flexibility index (Phi) is 3.09. The number of aromatic nitrogens is 1. The van der Waals surface area contributed by atoms with Gasteiger partial charge in [-0.3, -0.25) is 0 Å². The molecule has 0 unspecified atom stereocenters. The molecule has 0 aromatic carbocycles. The van der Waals surface area contributed by atoms with Crippen LogP contribution in [0.3, 0.4) is 0 Å². The first kappa shape index (κ1) is 11.0. The molecule has 1 N–H and O–H groups in total. The van der Waals surface area contributed by atoms with Crippen LogP contribution in [0.1, 0.15) is 31.5 Å². The Morgan fingerprint density at radius 3 is 2.73 bits per heavy atom. The van der Waals surface area contributed by atoms with E-state index in [-0.39, 0.29) is 5.41 Å². The largest absolute Gasteiger partial charge is 0.368 e. The Hall–Kier alpha value is -0.450. The molecule has 2 heterocycles. The lowest BCUT2D eigenvalue weighted by molar-refractivity contribution is 0.00743. The molecule has 0 amide bonds. The van der Waals surface area contributed by atoms with Gasteiger partial charge in [-0.1, -0.05) is 20.8 Å². The van der Waals surface area contributed by atoms with Crippen LogP contribution in [0.2, 0.25) is 0 Å². The molecule has 0 aliphatic carbocycles. The number of rotatable bonds is 3. The summed E-state index contributed by atoms with van der Waals surface area (Å²) in [5.41, 5.74) is 1.31. The van der Waals surface area contributed by atoms with Crippen molar-refractivity contribution >= 4 is 11.3 Å². The van der Waals surface area contributed by atoms with Gasteiger partial charge in [-0.2, -0.15) is 0 Å². The number of ether oxygens (including phenoxy) is 1. The highest BCUT2D eigenvalue weighted by Crippen LogP contribution is 2.24. The lowest BCUT2D eigenvalue weighted by atomic mass is 9.93. The SMILES string of the molecule is CC(C)(C)c1csc(COC2CNC2)n1. The molecule has 2 rings (SSSR count). The van der Waals surface area contributed by atoms with Crippen molar-refractivity contribution in [1.82, 2.24) is 10.3 Å². The van der Waals surface area contributed by atoms with E-state index in [1.54, 1.807) is 11.3 Å². The molecule has 1 aliphatic rings. The van der Waals surface area contributed by atoms with Gasteiger partial charge in [0.15, 0.2) is 0 Å². The molecule has 1 aliphatic heterocycles. The summed E-state index contributed by atoms with van der Waals surface area (Å²) in [5, 5.41) is 6.41. The molecule has 1 aromatic rings. The molecule has 1 aromatic heterocycles. The predicted molar refractivity (Wildman–Crippen MR) is 62.3 cm³/mol. The minimum atomic E-state index is 0.146. The molecule has 84 valence electrons. The monoisotopic (exact) mass is 226 g/mol. The maximum atomic E-state index is 5.68. The standard InChI is InChI=1S/C11H18N2OS/c1-11(2,3)9-7-15-10(13-9)6-14-8-4-12-5-8/h7-8,12H,4-6H2,1-3H3. The molecular formula is C11H18N2OS. The molecular weight excluding hydrogens is 208 g/mol. The quantitative estimate of drug-likeness (QED) is 0.855. The van der Waals surface area contributed by atoms with Crippen molar-refractivity contribution < 1.29 is 4.74 Å². The molecule has 0 bridgehead atoms. The van der Waals surface area contributed by atoms with Crippen LogP contribution in [-0.2, 0) is 16.8 Å². The fourth-order valence-corrected chi connectivity index (χ4v) is 2.23. The van der Waals surface area contributed by atoms with E-state index in [0.29, 0.717) is 12.7 Å². The zero-order valence-electron chi connectivity index (χ0n) is 9.54. The van der Waals surface area contributed by atoms with E-state index >= 15 is 0 Å². The highest BCUT2D eigenvalue weighted by atomic mass is 32.1. The van der Waals surface area contributed by atoms with E-state index < -0.39 is 0 Å². The van der Waals surface area contributed by atoms with Crippen molar-refractivity contribution in [3.8, 4) is 0 Å². The first-order chi connectivity index (χ1) is 7.05. The number of nitrogens with one attached hydrogen (secondary N) is 1. The topological polar surface area (TPSA) is 34.1 Å². The zero-order chi connectivity index (χ0) is 10.9. The van der Waals surface area contributed by atoms with Gasteiger partial charge in [0.25, 0.3) is 0 Å². The Bertz CT molecular complexity index is 326. The summed E-state index contributed by atoms with van der Waals surface area (Å²) in [6.45, 7) is 9.18. The van der Waals surface area contributed by atoms with Gasteiger partial charge in [-0.05, 0) is 0 Å². The van der Waals surface area contributed by atoms with Crippen molar-refractivity contribution in [2.24, 2.45) is 0 Å². The van der Waals surface area contributed by atoms with Gasteiger partial charge >= 0.3 is 0 Å². The van der Waals surface area contributed by atoms with Crippen LogP contribution in [0.4, 0.5) is 0 Å². The van der Waals surface area contributed by atoms with Gasteiger partial charge in [-0.15, -0.1) is 11.3 Å². The summed E-state index contributed by atoms with van der Waals surface area (Å²) in [4.78, 5) is 4.58. The number of hydrogen-bond donors (Lipinski definition) is 1. The molecule has 0 atom stereocenters. The molecule has 0 saturated carbocycles. The van der Waals surface area contributed by atoms with Crippen molar-refractivity contribution in [3.63, 3.8) is 0 Å². The average molecular weight is 226 g/mol. The lowest BCUT2D eigenvalue weighted by Crippen LogP contribution is -2.48. The fourth-order valence-electron chi connectivity index (χ4n) is 1.29. The maximum absolute atomic E-state index is 5.68. The summed E-state index contributed by atoms with van der Waals surface area (Å²) in [6, 6.07) is 0. The molecule has 3 nitrogen and oxygen atoms in total. The van der Waals surface area contributed by atoms with Gasteiger partial charge < -0.3 is 10.1 Å². The molecule has 0 radical (unpaired) electrons. The predicted octanol–water partition coefficient (Wildman–Crippen LogP) is 1.93. The smallest absolute Gasteiger partial charge is 0.119 e. The Balaban J connectivity index is 1.89. The van der Waals surface area contributed by atoms with E-state index in [0.717, 1.165) is 23.8 Å².